The summed E-state index contributed by atoms with van der Waals surface area (Å²) in [5.74, 6) is 0.455. The number of anilines is 1. The minimum Gasteiger partial charge on any atom is -0.370 e. The van der Waals surface area contributed by atoms with Gasteiger partial charge in [-0.2, -0.15) is 0 Å². The van der Waals surface area contributed by atoms with Crippen LogP contribution in [-0.2, 0) is 11.3 Å². The summed E-state index contributed by atoms with van der Waals surface area (Å²) in [7, 11) is 0. The molecule has 0 radical (unpaired) electrons. The molecule has 0 aliphatic rings. The van der Waals surface area contributed by atoms with E-state index in [0.29, 0.717) is 12.5 Å². The standard InChI is InChI=1S/C15H24N4O.HI/c1-4-9-17-15(16)18-10-12-5-7-13(8-6-12)19-14(20)11(2)3;/h5-8,11H,4,9-10H2,1-3H3,(H,19,20)(H3,16,17,18);1H. The zero-order valence-corrected chi connectivity index (χ0v) is 15.2. The molecule has 0 heterocycles. The molecule has 1 amide bonds. The van der Waals surface area contributed by atoms with Gasteiger partial charge in [-0.05, 0) is 24.1 Å². The van der Waals surface area contributed by atoms with Gasteiger partial charge in [0, 0.05) is 18.2 Å². The lowest BCUT2D eigenvalue weighted by Gasteiger charge is -2.08. The van der Waals surface area contributed by atoms with Crippen molar-refractivity contribution in [3.05, 3.63) is 29.8 Å². The van der Waals surface area contributed by atoms with E-state index in [2.05, 4.69) is 22.5 Å². The zero-order chi connectivity index (χ0) is 15.0. The lowest BCUT2D eigenvalue weighted by molar-refractivity contribution is -0.118. The molecule has 0 fully saturated rings. The molecule has 0 aromatic heterocycles. The minimum absolute atomic E-state index is 0. The maximum Gasteiger partial charge on any atom is 0.226 e. The second-order valence-corrected chi connectivity index (χ2v) is 4.97. The number of carbonyl (C=O) groups excluding carboxylic acids is 1. The molecule has 118 valence electrons. The molecule has 0 bridgehead atoms. The summed E-state index contributed by atoms with van der Waals surface area (Å²) in [6.07, 6.45) is 1.01. The molecule has 0 saturated carbocycles. The second-order valence-electron chi connectivity index (χ2n) is 4.97. The third-order valence-electron chi connectivity index (χ3n) is 2.73. The van der Waals surface area contributed by atoms with Crippen LogP contribution in [0.2, 0.25) is 0 Å². The summed E-state index contributed by atoms with van der Waals surface area (Å²) >= 11 is 0. The Bertz CT molecular complexity index is 457. The lowest BCUT2D eigenvalue weighted by Crippen LogP contribution is -2.32. The largest absolute Gasteiger partial charge is 0.370 e. The Morgan fingerprint density at radius 2 is 1.90 bits per heavy atom. The Balaban J connectivity index is 0.00000400. The van der Waals surface area contributed by atoms with Crippen LogP contribution in [0.1, 0.15) is 32.8 Å². The summed E-state index contributed by atoms with van der Waals surface area (Å²) < 4.78 is 0. The number of amides is 1. The number of guanidine groups is 1. The van der Waals surface area contributed by atoms with Gasteiger partial charge in [0.1, 0.15) is 0 Å². The molecule has 21 heavy (non-hydrogen) atoms. The van der Waals surface area contributed by atoms with Gasteiger partial charge in [0.05, 0.1) is 6.54 Å². The zero-order valence-electron chi connectivity index (χ0n) is 12.8. The second kappa shape index (κ2) is 10.4. The van der Waals surface area contributed by atoms with E-state index in [-0.39, 0.29) is 35.8 Å². The van der Waals surface area contributed by atoms with Crippen LogP contribution in [0.4, 0.5) is 5.69 Å². The van der Waals surface area contributed by atoms with Crippen molar-refractivity contribution in [3.63, 3.8) is 0 Å². The Kier molecular flexibility index (Phi) is 9.77. The van der Waals surface area contributed by atoms with Gasteiger partial charge in [-0.25, -0.2) is 4.99 Å². The van der Waals surface area contributed by atoms with Gasteiger partial charge in [-0.15, -0.1) is 24.0 Å². The number of benzene rings is 1. The number of halogens is 1. The molecule has 1 aromatic carbocycles. The van der Waals surface area contributed by atoms with E-state index in [1.54, 1.807) is 0 Å². The minimum atomic E-state index is -0.0243. The van der Waals surface area contributed by atoms with E-state index in [1.165, 1.54) is 0 Å². The number of rotatable bonds is 6. The van der Waals surface area contributed by atoms with Crippen molar-refractivity contribution in [2.45, 2.75) is 33.7 Å². The van der Waals surface area contributed by atoms with Gasteiger partial charge in [0.15, 0.2) is 5.96 Å². The molecule has 6 heteroatoms. The van der Waals surface area contributed by atoms with E-state index in [1.807, 2.05) is 38.1 Å². The summed E-state index contributed by atoms with van der Waals surface area (Å²) in [5.41, 5.74) is 7.57. The van der Waals surface area contributed by atoms with Crippen molar-refractivity contribution in [3.8, 4) is 0 Å². The Morgan fingerprint density at radius 3 is 2.43 bits per heavy atom. The first kappa shape index (κ1) is 19.7. The Hall–Kier alpha value is -1.31. The van der Waals surface area contributed by atoms with E-state index in [0.717, 1.165) is 24.2 Å². The van der Waals surface area contributed by atoms with Gasteiger partial charge in [-0.1, -0.05) is 32.9 Å². The van der Waals surface area contributed by atoms with Gasteiger partial charge in [0.2, 0.25) is 5.91 Å². The lowest BCUT2D eigenvalue weighted by atomic mass is 10.2. The molecular weight excluding hydrogens is 379 g/mol. The highest BCUT2D eigenvalue weighted by atomic mass is 127. The number of carbonyl (C=O) groups is 1. The normalized spacial score (nSPS) is 11.0. The fraction of sp³-hybridized carbons (Fsp3) is 0.467. The SMILES string of the molecule is CCCNC(N)=NCc1ccc(NC(=O)C(C)C)cc1.I. The van der Waals surface area contributed by atoms with Crippen molar-refractivity contribution in [1.29, 1.82) is 0 Å². The van der Waals surface area contributed by atoms with Crippen LogP contribution in [0.5, 0.6) is 0 Å². The number of nitrogens with two attached hydrogens (primary N) is 1. The van der Waals surface area contributed by atoms with Gasteiger partial charge in [0.25, 0.3) is 0 Å². The van der Waals surface area contributed by atoms with Crippen LogP contribution < -0.4 is 16.4 Å². The molecule has 5 nitrogen and oxygen atoms in total. The summed E-state index contributed by atoms with van der Waals surface area (Å²) in [4.78, 5) is 15.8. The van der Waals surface area contributed by atoms with Crippen LogP contribution in [0, 0.1) is 5.92 Å². The molecule has 0 aliphatic heterocycles. The first-order valence-corrected chi connectivity index (χ1v) is 6.96. The highest BCUT2D eigenvalue weighted by Gasteiger charge is 2.06. The van der Waals surface area contributed by atoms with Crippen LogP contribution in [0.15, 0.2) is 29.3 Å². The molecule has 0 aliphatic carbocycles. The molecule has 1 aromatic rings. The molecule has 0 spiro atoms. The predicted octanol–water partition coefficient (Wildman–Crippen LogP) is 2.71. The Labute approximate surface area is 143 Å². The molecule has 0 unspecified atom stereocenters. The number of nitrogens with one attached hydrogen (secondary N) is 2. The topological polar surface area (TPSA) is 79.5 Å². The maximum absolute atomic E-state index is 11.6. The average molecular weight is 404 g/mol. The first-order valence-electron chi connectivity index (χ1n) is 6.96. The van der Waals surface area contributed by atoms with Crippen molar-refractivity contribution in [2.24, 2.45) is 16.6 Å². The Morgan fingerprint density at radius 1 is 1.29 bits per heavy atom. The fourth-order valence-corrected chi connectivity index (χ4v) is 1.47. The van der Waals surface area contributed by atoms with Crippen LogP contribution in [0.25, 0.3) is 0 Å². The smallest absolute Gasteiger partial charge is 0.226 e. The van der Waals surface area contributed by atoms with Crippen LogP contribution in [0.3, 0.4) is 0 Å². The third-order valence-corrected chi connectivity index (χ3v) is 2.73. The molecular formula is C15H25IN4O. The van der Waals surface area contributed by atoms with E-state index < -0.39 is 0 Å². The van der Waals surface area contributed by atoms with Crippen LogP contribution in [-0.4, -0.2) is 18.4 Å². The summed E-state index contributed by atoms with van der Waals surface area (Å²) in [5, 5.41) is 5.87. The molecule has 4 N–H and O–H groups in total. The van der Waals surface area contributed by atoms with Gasteiger partial charge in [-0.3, -0.25) is 4.79 Å². The van der Waals surface area contributed by atoms with E-state index in [4.69, 9.17) is 5.73 Å². The highest BCUT2D eigenvalue weighted by molar-refractivity contribution is 14.0. The maximum atomic E-state index is 11.6. The fourth-order valence-electron chi connectivity index (χ4n) is 1.47. The first-order chi connectivity index (χ1) is 9.52. The van der Waals surface area contributed by atoms with Gasteiger partial charge < -0.3 is 16.4 Å². The number of aliphatic imine (C=N–C) groups is 1. The number of nitrogens with zero attached hydrogens (tertiary/aromatic N) is 1. The third kappa shape index (κ3) is 7.89. The van der Waals surface area contributed by atoms with Crippen molar-refractivity contribution in [1.82, 2.24) is 5.32 Å². The van der Waals surface area contributed by atoms with Crippen LogP contribution >= 0.6 is 24.0 Å². The molecule has 1 rings (SSSR count). The summed E-state index contributed by atoms with van der Waals surface area (Å²) in [6.45, 7) is 7.16. The average Bonchev–Trinajstić information content (AvgIpc) is 2.44. The van der Waals surface area contributed by atoms with E-state index in [9.17, 15) is 4.79 Å². The van der Waals surface area contributed by atoms with Crippen molar-refractivity contribution >= 4 is 41.5 Å². The quantitative estimate of drug-likeness (QED) is 0.388. The molecule has 0 atom stereocenters. The number of hydrogen-bond donors (Lipinski definition) is 3. The van der Waals surface area contributed by atoms with Crippen molar-refractivity contribution < 1.29 is 4.79 Å². The van der Waals surface area contributed by atoms with E-state index >= 15 is 0 Å². The predicted molar refractivity (Wildman–Crippen MR) is 98.9 cm³/mol. The number of hydrogen-bond acceptors (Lipinski definition) is 2. The summed E-state index contributed by atoms with van der Waals surface area (Å²) in [6, 6.07) is 7.63. The molecule has 0 saturated heterocycles. The highest BCUT2D eigenvalue weighted by Crippen LogP contribution is 2.11. The monoisotopic (exact) mass is 404 g/mol. The van der Waals surface area contributed by atoms with Crippen molar-refractivity contribution in [2.75, 3.05) is 11.9 Å². The van der Waals surface area contributed by atoms with Gasteiger partial charge >= 0.3 is 0 Å².